The number of hydrogen-bond acceptors (Lipinski definition) is 2. The van der Waals surface area contributed by atoms with Crippen LogP contribution < -0.4 is 0 Å². The standard InChI is InChI=1S/C16H17NO/c1-12-8-9-15(18-3)16(2,10-12)14-7-5-4-6-13(14)11-17/h4-10,15H,1-3H3. The minimum Gasteiger partial charge on any atom is -0.376 e. The van der Waals surface area contributed by atoms with Crippen molar-refractivity contribution < 1.29 is 4.74 Å². The van der Waals surface area contributed by atoms with E-state index in [1.54, 1.807) is 7.11 Å². The van der Waals surface area contributed by atoms with Crippen LogP contribution in [0.3, 0.4) is 0 Å². The maximum Gasteiger partial charge on any atom is 0.0994 e. The van der Waals surface area contributed by atoms with Gasteiger partial charge in [0, 0.05) is 12.5 Å². The van der Waals surface area contributed by atoms with Gasteiger partial charge in [-0.3, -0.25) is 0 Å². The topological polar surface area (TPSA) is 33.0 Å². The molecule has 2 heteroatoms. The zero-order valence-electron chi connectivity index (χ0n) is 11.0. The summed E-state index contributed by atoms with van der Waals surface area (Å²) < 4.78 is 5.57. The number of nitrogens with zero attached hydrogens (tertiary/aromatic N) is 1. The van der Waals surface area contributed by atoms with Crippen molar-refractivity contribution in [2.45, 2.75) is 25.4 Å². The summed E-state index contributed by atoms with van der Waals surface area (Å²) in [6, 6.07) is 9.99. The van der Waals surface area contributed by atoms with Gasteiger partial charge in [0.15, 0.2) is 0 Å². The first kappa shape index (κ1) is 12.6. The number of allylic oxidation sites excluding steroid dienone is 2. The molecule has 0 spiro atoms. The number of nitriles is 1. The van der Waals surface area contributed by atoms with E-state index in [-0.39, 0.29) is 11.5 Å². The molecule has 18 heavy (non-hydrogen) atoms. The second kappa shape index (κ2) is 4.80. The Bertz CT molecular complexity index is 550. The first-order valence-electron chi connectivity index (χ1n) is 6.02. The maximum atomic E-state index is 9.26. The monoisotopic (exact) mass is 239 g/mol. The van der Waals surface area contributed by atoms with E-state index >= 15 is 0 Å². The Labute approximate surface area is 108 Å². The third kappa shape index (κ3) is 1.98. The average Bonchev–Trinajstić information content (AvgIpc) is 2.38. The van der Waals surface area contributed by atoms with Crippen LogP contribution in [-0.2, 0) is 10.2 Å². The second-order valence-electron chi connectivity index (χ2n) is 4.84. The smallest absolute Gasteiger partial charge is 0.0994 e. The van der Waals surface area contributed by atoms with Crippen molar-refractivity contribution in [3.63, 3.8) is 0 Å². The van der Waals surface area contributed by atoms with Crippen molar-refractivity contribution in [2.24, 2.45) is 0 Å². The van der Waals surface area contributed by atoms with E-state index in [0.29, 0.717) is 5.56 Å². The van der Waals surface area contributed by atoms with Crippen LogP contribution in [0, 0.1) is 11.3 Å². The fraction of sp³-hybridized carbons (Fsp3) is 0.312. The molecule has 0 fully saturated rings. The quantitative estimate of drug-likeness (QED) is 0.793. The van der Waals surface area contributed by atoms with Crippen molar-refractivity contribution in [3.8, 4) is 6.07 Å². The molecular formula is C16H17NO. The lowest BCUT2D eigenvalue weighted by molar-refractivity contribution is 0.0932. The van der Waals surface area contributed by atoms with Gasteiger partial charge in [0.1, 0.15) is 0 Å². The fourth-order valence-electron chi connectivity index (χ4n) is 2.65. The zero-order chi connectivity index (χ0) is 13.2. The van der Waals surface area contributed by atoms with Crippen LogP contribution in [0.2, 0.25) is 0 Å². The van der Waals surface area contributed by atoms with Crippen molar-refractivity contribution in [3.05, 3.63) is 59.2 Å². The molecule has 0 N–H and O–H groups in total. The molecule has 2 atom stereocenters. The van der Waals surface area contributed by atoms with Crippen LogP contribution >= 0.6 is 0 Å². The lowest BCUT2D eigenvalue weighted by atomic mass is 9.72. The molecule has 0 radical (unpaired) electrons. The van der Waals surface area contributed by atoms with Crippen LogP contribution in [-0.4, -0.2) is 13.2 Å². The fourth-order valence-corrected chi connectivity index (χ4v) is 2.65. The molecule has 0 aliphatic heterocycles. The summed E-state index contributed by atoms with van der Waals surface area (Å²) in [6.07, 6.45) is 6.25. The molecule has 0 amide bonds. The van der Waals surface area contributed by atoms with Crippen LogP contribution in [0.4, 0.5) is 0 Å². The number of ether oxygens (including phenoxy) is 1. The molecule has 0 aromatic heterocycles. The Balaban J connectivity index is 2.59. The van der Waals surface area contributed by atoms with Crippen molar-refractivity contribution in [1.29, 1.82) is 5.26 Å². The Morgan fingerprint density at radius 1 is 1.33 bits per heavy atom. The molecule has 2 nitrogen and oxygen atoms in total. The van der Waals surface area contributed by atoms with Gasteiger partial charge in [-0.15, -0.1) is 0 Å². The van der Waals surface area contributed by atoms with Crippen LogP contribution in [0.25, 0.3) is 0 Å². The van der Waals surface area contributed by atoms with Gasteiger partial charge < -0.3 is 4.74 Å². The van der Waals surface area contributed by atoms with Gasteiger partial charge in [0.2, 0.25) is 0 Å². The summed E-state index contributed by atoms with van der Waals surface area (Å²) in [4.78, 5) is 0. The number of rotatable bonds is 2. The molecule has 1 aromatic carbocycles. The minimum absolute atomic E-state index is 0.0456. The van der Waals surface area contributed by atoms with Gasteiger partial charge in [-0.2, -0.15) is 5.26 Å². The van der Waals surface area contributed by atoms with Crippen LogP contribution in [0.1, 0.15) is 25.0 Å². The van der Waals surface area contributed by atoms with E-state index in [0.717, 1.165) is 5.56 Å². The van der Waals surface area contributed by atoms with E-state index in [1.807, 2.05) is 24.3 Å². The van der Waals surface area contributed by atoms with E-state index in [4.69, 9.17) is 4.74 Å². The molecule has 0 saturated heterocycles. The SMILES string of the molecule is COC1C=CC(C)=CC1(C)c1ccccc1C#N. The first-order chi connectivity index (χ1) is 8.61. The molecule has 2 rings (SSSR count). The highest BCUT2D eigenvalue weighted by Crippen LogP contribution is 2.37. The van der Waals surface area contributed by atoms with Crippen molar-refractivity contribution in [2.75, 3.05) is 7.11 Å². The Kier molecular flexibility index (Phi) is 3.36. The summed E-state index contributed by atoms with van der Waals surface area (Å²) >= 11 is 0. The lowest BCUT2D eigenvalue weighted by Crippen LogP contribution is -2.37. The lowest BCUT2D eigenvalue weighted by Gasteiger charge is -2.36. The van der Waals surface area contributed by atoms with Gasteiger partial charge >= 0.3 is 0 Å². The maximum absolute atomic E-state index is 9.26. The molecule has 1 aromatic rings. The summed E-state index contributed by atoms with van der Waals surface area (Å²) in [5.74, 6) is 0. The van der Waals surface area contributed by atoms with Crippen LogP contribution in [0.15, 0.2) is 48.1 Å². The minimum atomic E-state index is -0.292. The van der Waals surface area contributed by atoms with Gasteiger partial charge in [-0.1, -0.05) is 42.0 Å². The third-order valence-corrected chi connectivity index (χ3v) is 3.53. The van der Waals surface area contributed by atoms with E-state index in [2.05, 4.69) is 38.1 Å². The highest BCUT2D eigenvalue weighted by atomic mass is 16.5. The van der Waals surface area contributed by atoms with Gasteiger partial charge in [0.05, 0.1) is 17.7 Å². The molecule has 0 heterocycles. The molecular weight excluding hydrogens is 222 g/mol. The largest absolute Gasteiger partial charge is 0.376 e. The number of hydrogen-bond donors (Lipinski definition) is 0. The second-order valence-corrected chi connectivity index (χ2v) is 4.84. The van der Waals surface area contributed by atoms with Gasteiger partial charge in [0.25, 0.3) is 0 Å². The summed E-state index contributed by atoms with van der Waals surface area (Å²) in [5, 5.41) is 9.26. The van der Waals surface area contributed by atoms with Crippen molar-refractivity contribution >= 4 is 0 Å². The van der Waals surface area contributed by atoms with Gasteiger partial charge in [-0.05, 0) is 25.5 Å². The zero-order valence-corrected chi connectivity index (χ0v) is 11.0. The predicted molar refractivity (Wildman–Crippen MR) is 72.2 cm³/mol. The van der Waals surface area contributed by atoms with E-state index in [9.17, 15) is 5.26 Å². The molecule has 0 saturated carbocycles. The highest BCUT2D eigenvalue weighted by Gasteiger charge is 2.36. The molecule has 1 aliphatic rings. The molecule has 92 valence electrons. The predicted octanol–water partition coefficient (Wildman–Crippen LogP) is 3.35. The Morgan fingerprint density at radius 3 is 2.72 bits per heavy atom. The summed E-state index contributed by atoms with van der Waals surface area (Å²) in [6.45, 7) is 4.18. The average molecular weight is 239 g/mol. The normalized spacial score (nSPS) is 26.6. The van der Waals surface area contributed by atoms with Crippen molar-refractivity contribution in [1.82, 2.24) is 0 Å². The van der Waals surface area contributed by atoms with Gasteiger partial charge in [-0.25, -0.2) is 0 Å². The number of benzene rings is 1. The Hall–Kier alpha value is -1.85. The first-order valence-corrected chi connectivity index (χ1v) is 6.02. The summed E-state index contributed by atoms with van der Waals surface area (Å²) in [5.41, 5.74) is 2.63. The molecule has 1 aliphatic carbocycles. The third-order valence-electron chi connectivity index (χ3n) is 3.53. The summed E-state index contributed by atoms with van der Waals surface area (Å²) in [7, 11) is 1.71. The Morgan fingerprint density at radius 2 is 2.06 bits per heavy atom. The number of methoxy groups -OCH3 is 1. The highest BCUT2D eigenvalue weighted by molar-refractivity contribution is 5.49. The van der Waals surface area contributed by atoms with E-state index in [1.165, 1.54) is 5.57 Å². The molecule has 0 bridgehead atoms. The van der Waals surface area contributed by atoms with Crippen LogP contribution in [0.5, 0.6) is 0 Å². The van der Waals surface area contributed by atoms with E-state index < -0.39 is 0 Å². The molecule has 2 unspecified atom stereocenters.